The molecule has 0 aliphatic rings. The maximum absolute atomic E-state index is 12.0. The number of halogens is 1. The Morgan fingerprint density at radius 1 is 1.39 bits per heavy atom. The third kappa shape index (κ3) is 3.17. The number of nitrogens with one attached hydrogen (secondary N) is 1. The number of aromatic nitrogens is 2. The van der Waals surface area contributed by atoms with Crippen LogP contribution in [0.2, 0.25) is 0 Å². The first-order valence-electron chi connectivity index (χ1n) is 6.20. The van der Waals surface area contributed by atoms with Crippen LogP contribution in [0.3, 0.4) is 0 Å². The summed E-state index contributed by atoms with van der Waals surface area (Å²) in [6, 6.07) is 10.3. The van der Waals surface area contributed by atoms with Gasteiger partial charge in [0.1, 0.15) is 0 Å². The van der Waals surface area contributed by atoms with Gasteiger partial charge in [-0.2, -0.15) is 5.10 Å². The predicted molar refractivity (Wildman–Crippen MR) is 70.6 cm³/mol. The Hall–Kier alpha value is -1.68. The van der Waals surface area contributed by atoms with Crippen molar-refractivity contribution in [3.8, 4) is 5.69 Å². The molecule has 0 bridgehead atoms. The third-order valence-electron chi connectivity index (χ3n) is 2.90. The van der Waals surface area contributed by atoms with Gasteiger partial charge in [-0.1, -0.05) is 12.1 Å². The summed E-state index contributed by atoms with van der Waals surface area (Å²) in [5.74, 6) is 0. The standard InChI is InChI=1S/C14H18FN3/c1-12(16-8-3-7-15)13-5-2-6-14(11-13)18-10-4-9-17-18/h2,4-6,9-12,16H,3,7-8H2,1H3/t12-/m0/s1. The van der Waals surface area contributed by atoms with Gasteiger partial charge < -0.3 is 5.32 Å². The molecule has 4 heteroatoms. The zero-order chi connectivity index (χ0) is 12.8. The molecule has 0 saturated heterocycles. The van der Waals surface area contributed by atoms with Crippen molar-refractivity contribution >= 4 is 0 Å². The fourth-order valence-electron chi connectivity index (χ4n) is 1.86. The van der Waals surface area contributed by atoms with E-state index in [4.69, 9.17) is 0 Å². The zero-order valence-electron chi connectivity index (χ0n) is 10.5. The largest absolute Gasteiger partial charge is 0.310 e. The second-order valence-corrected chi connectivity index (χ2v) is 4.26. The quantitative estimate of drug-likeness (QED) is 0.795. The van der Waals surface area contributed by atoms with E-state index in [0.29, 0.717) is 13.0 Å². The lowest BCUT2D eigenvalue weighted by molar-refractivity contribution is 0.446. The van der Waals surface area contributed by atoms with E-state index in [1.165, 1.54) is 5.56 Å². The van der Waals surface area contributed by atoms with E-state index in [9.17, 15) is 4.39 Å². The first-order chi connectivity index (χ1) is 8.81. The molecule has 0 amide bonds. The van der Waals surface area contributed by atoms with Crippen LogP contribution in [0.1, 0.15) is 24.9 Å². The van der Waals surface area contributed by atoms with Crippen molar-refractivity contribution in [2.24, 2.45) is 0 Å². The molecule has 0 aliphatic heterocycles. The molecule has 0 saturated carbocycles. The number of hydrogen-bond acceptors (Lipinski definition) is 2. The molecule has 0 spiro atoms. The highest BCUT2D eigenvalue weighted by atomic mass is 19.1. The highest BCUT2D eigenvalue weighted by Gasteiger charge is 2.05. The molecular weight excluding hydrogens is 229 g/mol. The zero-order valence-corrected chi connectivity index (χ0v) is 10.5. The van der Waals surface area contributed by atoms with E-state index in [2.05, 4.69) is 29.5 Å². The Labute approximate surface area is 107 Å². The Morgan fingerprint density at radius 3 is 3.00 bits per heavy atom. The molecule has 1 heterocycles. The van der Waals surface area contributed by atoms with Gasteiger partial charge in [0.15, 0.2) is 0 Å². The fraction of sp³-hybridized carbons (Fsp3) is 0.357. The Kier molecular flexibility index (Phi) is 4.47. The van der Waals surface area contributed by atoms with Gasteiger partial charge in [0.25, 0.3) is 0 Å². The van der Waals surface area contributed by atoms with Crippen molar-refractivity contribution in [1.29, 1.82) is 0 Å². The van der Waals surface area contributed by atoms with E-state index in [-0.39, 0.29) is 12.7 Å². The molecule has 1 atom stereocenters. The van der Waals surface area contributed by atoms with Crippen LogP contribution >= 0.6 is 0 Å². The lowest BCUT2D eigenvalue weighted by Gasteiger charge is -2.14. The van der Waals surface area contributed by atoms with Crippen molar-refractivity contribution in [2.45, 2.75) is 19.4 Å². The van der Waals surface area contributed by atoms with E-state index in [0.717, 1.165) is 5.69 Å². The number of alkyl halides is 1. The van der Waals surface area contributed by atoms with Gasteiger partial charge in [0.2, 0.25) is 0 Å². The van der Waals surface area contributed by atoms with Gasteiger partial charge in [-0.05, 0) is 43.7 Å². The van der Waals surface area contributed by atoms with Crippen molar-refractivity contribution in [2.75, 3.05) is 13.2 Å². The van der Waals surface area contributed by atoms with Crippen molar-refractivity contribution < 1.29 is 4.39 Å². The third-order valence-corrected chi connectivity index (χ3v) is 2.90. The van der Waals surface area contributed by atoms with Crippen LogP contribution in [0.15, 0.2) is 42.7 Å². The van der Waals surface area contributed by atoms with Crippen LogP contribution in [-0.2, 0) is 0 Å². The van der Waals surface area contributed by atoms with Gasteiger partial charge in [-0.15, -0.1) is 0 Å². The van der Waals surface area contributed by atoms with E-state index < -0.39 is 0 Å². The van der Waals surface area contributed by atoms with Gasteiger partial charge in [0.05, 0.1) is 12.4 Å². The topological polar surface area (TPSA) is 29.9 Å². The number of nitrogens with zero attached hydrogens (tertiary/aromatic N) is 2. The van der Waals surface area contributed by atoms with Gasteiger partial charge >= 0.3 is 0 Å². The van der Waals surface area contributed by atoms with Crippen LogP contribution in [0, 0.1) is 0 Å². The minimum absolute atomic E-state index is 0.215. The molecule has 2 rings (SSSR count). The lowest BCUT2D eigenvalue weighted by Crippen LogP contribution is -2.20. The minimum atomic E-state index is -0.271. The molecule has 2 aromatic rings. The SMILES string of the molecule is C[C@H](NCCCF)c1cccc(-n2cccn2)c1. The maximum Gasteiger partial charge on any atom is 0.0906 e. The van der Waals surface area contributed by atoms with Crippen molar-refractivity contribution in [3.05, 3.63) is 48.3 Å². The summed E-state index contributed by atoms with van der Waals surface area (Å²) in [5.41, 5.74) is 2.22. The van der Waals surface area contributed by atoms with Gasteiger partial charge in [0, 0.05) is 18.4 Å². The number of rotatable bonds is 6. The highest BCUT2D eigenvalue weighted by molar-refractivity contribution is 5.36. The van der Waals surface area contributed by atoms with E-state index in [1.807, 2.05) is 29.1 Å². The summed E-state index contributed by atoms with van der Waals surface area (Å²) in [4.78, 5) is 0. The fourth-order valence-corrected chi connectivity index (χ4v) is 1.86. The summed E-state index contributed by atoms with van der Waals surface area (Å²) in [6.07, 6.45) is 4.24. The normalized spacial score (nSPS) is 12.6. The van der Waals surface area contributed by atoms with E-state index in [1.54, 1.807) is 6.20 Å². The first kappa shape index (κ1) is 12.8. The molecule has 3 nitrogen and oxygen atoms in total. The average Bonchev–Trinajstić information content (AvgIpc) is 2.93. The molecular formula is C14H18FN3. The highest BCUT2D eigenvalue weighted by Crippen LogP contribution is 2.16. The minimum Gasteiger partial charge on any atom is -0.310 e. The molecule has 0 fully saturated rings. The number of benzene rings is 1. The van der Waals surface area contributed by atoms with Crippen LogP contribution in [-0.4, -0.2) is 23.0 Å². The maximum atomic E-state index is 12.0. The number of hydrogen-bond donors (Lipinski definition) is 1. The predicted octanol–water partition coefficient (Wildman–Crippen LogP) is 2.88. The summed E-state index contributed by atoms with van der Waals surface area (Å²) < 4.78 is 13.9. The Balaban J connectivity index is 2.07. The first-order valence-corrected chi connectivity index (χ1v) is 6.20. The van der Waals surface area contributed by atoms with Crippen LogP contribution < -0.4 is 5.32 Å². The Bertz CT molecular complexity index is 468. The molecule has 0 aliphatic carbocycles. The van der Waals surface area contributed by atoms with Crippen LogP contribution in [0.25, 0.3) is 5.69 Å². The monoisotopic (exact) mass is 247 g/mol. The van der Waals surface area contributed by atoms with Crippen LogP contribution in [0.5, 0.6) is 0 Å². The average molecular weight is 247 g/mol. The van der Waals surface area contributed by atoms with Gasteiger partial charge in [-0.3, -0.25) is 4.39 Å². The summed E-state index contributed by atoms with van der Waals surface area (Å²) in [5, 5.41) is 7.51. The molecule has 18 heavy (non-hydrogen) atoms. The molecule has 1 N–H and O–H groups in total. The second-order valence-electron chi connectivity index (χ2n) is 4.26. The summed E-state index contributed by atoms with van der Waals surface area (Å²) in [6.45, 7) is 2.51. The smallest absolute Gasteiger partial charge is 0.0906 e. The van der Waals surface area contributed by atoms with Crippen molar-refractivity contribution in [3.63, 3.8) is 0 Å². The molecule has 0 unspecified atom stereocenters. The molecule has 0 radical (unpaired) electrons. The summed E-state index contributed by atoms with van der Waals surface area (Å²) in [7, 11) is 0. The lowest BCUT2D eigenvalue weighted by atomic mass is 10.1. The van der Waals surface area contributed by atoms with Gasteiger partial charge in [-0.25, -0.2) is 4.68 Å². The Morgan fingerprint density at radius 2 is 2.28 bits per heavy atom. The summed E-state index contributed by atoms with van der Waals surface area (Å²) >= 11 is 0. The van der Waals surface area contributed by atoms with Crippen LogP contribution in [0.4, 0.5) is 4.39 Å². The van der Waals surface area contributed by atoms with E-state index >= 15 is 0 Å². The second kappa shape index (κ2) is 6.31. The van der Waals surface area contributed by atoms with Crippen molar-refractivity contribution in [1.82, 2.24) is 15.1 Å². The molecule has 1 aromatic carbocycles. The molecule has 1 aromatic heterocycles. The molecule has 96 valence electrons.